The number of aromatic amines is 2. The molecule has 0 amide bonds. The quantitative estimate of drug-likeness (QED) is 0.418. The molecule has 3 aromatic heterocycles. The highest BCUT2D eigenvalue weighted by Gasteiger charge is 2.28. The van der Waals surface area contributed by atoms with Crippen LogP contribution in [0.3, 0.4) is 0 Å². The van der Waals surface area contributed by atoms with Crippen LogP contribution in [0.15, 0.2) is 33.9 Å². The molecule has 0 saturated heterocycles. The van der Waals surface area contributed by atoms with Gasteiger partial charge in [0.15, 0.2) is 0 Å². The molecule has 0 aliphatic rings. The zero-order valence-corrected chi connectivity index (χ0v) is 18.0. The Morgan fingerprint density at radius 3 is 2.61 bits per heavy atom. The number of benzene rings is 1. The molecule has 31 heavy (non-hydrogen) atoms. The van der Waals surface area contributed by atoms with E-state index in [0.29, 0.717) is 32.3 Å². The summed E-state index contributed by atoms with van der Waals surface area (Å²) < 4.78 is 11.4. The van der Waals surface area contributed by atoms with Crippen molar-refractivity contribution in [3.8, 4) is 33.2 Å². The lowest BCUT2D eigenvalue weighted by molar-refractivity contribution is 0.0597. The van der Waals surface area contributed by atoms with Crippen LogP contribution in [-0.4, -0.2) is 39.8 Å². The minimum absolute atomic E-state index is 0.0368. The van der Waals surface area contributed by atoms with Gasteiger partial charge in [-0.15, -0.1) is 11.3 Å². The van der Waals surface area contributed by atoms with Gasteiger partial charge in [0.05, 0.1) is 30.2 Å². The van der Waals surface area contributed by atoms with Crippen molar-refractivity contribution in [2.24, 2.45) is 7.05 Å². The maximum atomic E-state index is 12.8. The second kappa shape index (κ2) is 7.47. The van der Waals surface area contributed by atoms with Crippen LogP contribution in [0.2, 0.25) is 0 Å². The first-order chi connectivity index (χ1) is 14.8. The third-order valence-corrected chi connectivity index (χ3v) is 6.21. The number of methoxy groups -OCH3 is 2. The number of H-pyrrole nitrogens is 2. The van der Waals surface area contributed by atoms with Gasteiger partial charge in [-0.3, -0.25) is 14.3 Å². The number of carbonyl (C=O) groups is 1. The summed E-state index contributed by atoms with van der Waals surface area (Å²) in [5, 5.41) is 11.1. The molecule has 3 N–H and O–H groups in total. The van der Waals surface area contributed by atoms with Gasteiger partial charge < -0.3 is 19.6 Å². The summed E-state index contributed by atoms with van der Waals surface area (Å²) in [6, 6.07) is 7.13. The molecule has 0 spiro atoms. The van der Waals surface area contributed by atoms with Gasteiger partial charge in [-0.1, -0.05) is 12.1 Å². The standard InChI is InChI=1S/C21H19N3O6S/c1-9-12(20(27)30-4)16(25)17(31-9)13-14-18(24(2)21(28)23-19(14)26)22-15(13)10-6-5-7-11(8-10)29-3/h5-8,22,25H,1-4H3,(H,23,26,28). The number of aromatic nitrogens is 3. The van der Waals surface area contributed by atoms with Crippen LogP contribution < -0.4 is 16.0 Å². The molecular formula is C21H19N3O6S. The number of ether oxygens (including phenoxy) is 2. The van der Waals surface area contributed by atoms with Gasteiger partial charge in [0, 0.05) is 23.1 Å². The number of hydrogen-bond donors (Lipinski definition) is 3. The second-order valence-corrected chi connectivity index (χ2v) is 8.08. The fourth-order valence-corrected chi connectivity index (χ4v) is 4.66. The predicted octanol–water partition coefficient (Wildman–Crippen LogP) is 2.76. The van der Waals surface area contributed by atoms with E-state index in [4.69, 9.17) is 9.47 Å². The number of esters is 1. The number of nitrogens with one attached hydrogen (secondary N) is 2. The third-order valence-electron chi connectivity index (χ3n) is 5.10. The Hall–Kier alpha value is -3.79. The largest absolute Gasteiger partial charge is 0.505 e. The molecule has 0 saturated carbocycles. The van der Waals surface area contributed by atoms with E-state index >= 15 is 0 Å². The number of thiophene rings is 1. The molecule has 9 nitrogen and oxygen atoms in total. The molecule has 4 rings (SSSR count). The first kappa shape index (κ1) is 20.5. The van der Waals surface area contributed by atoms with Crippen molar-refractivity contribution >= 4 is 28.3 Å². The highest BCUT2D eigenvalue weighted by molar-refractivity contribution is 7.16. The molecule has 4 aromatic rings. The zero-order valence-electron chi connectivity index (χ0n) is 17.2. The minimum atomic E-state index is -0.679. The third kappa shape index (κ3) is 3.12. The lowest BCUT2D eigenvalue weighted by atomic mass is 10.0. The SMILES string of the molecule is COC(=O)c1c(C)sc(-c2c(-c3cccc(OC)c3)[nH]c3c2c(=O)[nH]c(=O)n3C)c1O. The van der Waals surface area contributed by atoms with E-state index in [1.165, 1.54) is 25.8 Å². The molecule has 0 aliphatic heterocycles. The fraction of sp³-hybridized carbons (Fsp3) is 0.190. The molecule has 0 radical (unpaired) electrons. The van der Waals surface area contributed by atoms with Gasteiger partial charge >= 0.3 is 11.7 Å². The lowest BCUT2D eigenvalue weighted by Crippen LogP contribution is -2.28. The van der Waals surface area contributed by atoms with Crippen molar-refractivity contribution in [2.45, 2.75) is 6.92 Å². The molecule has 1 aromatic carbocycles. The Morgan fingerprint density at radius 1 is 1.19 bits per heavy atom. The fourth-order valence-electron chi connectivity index (χ4n) is 3.57. The van der Waals surface area contributed by atoms with E-state index in [1.54, 1.807) is 25.1 Å². The summed E-state index contributed by atoms with van der Waals surface area (Å²) in [7, 11) is 4.29. The van der Waals surface area contributed by atoms with Gasteiger partial charge in [0.25, 0.3) is 5.56 Å². The summed E-state index contributed by atoms with van der Waals surface area (Å²) in [5.74, 6) is -0.374. The summed E-state index contributed by atoms with van der Waals surface area (Å²) in [5.41, 5.74) is 0.672. The number of aromatic hydroxyl groups is 1. The molecule has 10 heteroatoms. The topological polar surface area (TPSA) is 126 Å². The molecule has 0 aliphatic carbocycles. The normalized spacial score (nSPS) is 11.1. The maximum absolute atomic E-state index is 12.8. The Kier molecular flexibility index (Phi) is 4.94. The summed E-state index contributed by atoms with van der Waals surface area (Å²) in [6.07, 6.45) is 0. The first-order valence-electron chi connectivity index (χ1n) is 9.18. The molecular weight excluding hydrogens is 422 g/mol. The number of hydrogen-bond acceptors (Lipinski definition) is 7. The van der Waals surface area contributed by atoms with Crippen molar-refractivity contribution in [1.82, 2.24) is 14.5 Å². The minimum Gasteiger partial charge on any atom is -0.505 e. The number of fused-ring (bicyclic) bond motifs is 1. The van der Waals surface area contributed by atoms with E-state index in [0.717, 1.165) is 11.3 Å². The van der Waals surface area contributed by atoms with Crippen molar-refractivity contribution in [3.05, 3.63) is 55.5 Å². The molecule has 3 heterocycles. The summed E-state index contributed by atoms with van der Waals surface area (Å²) >= 11 is 1.15. The number of carbonyl (C=O) groups excluding carboxylic acids is 1. The highest BCUT2D eigenvalue weighted by Crippen LogP contribution is 2.47. The van der Waals surface area contributed by atoms with Crippen LogP contribution in [0.25, 0.3) is 32.7 Å². The first-order valence-corrected chi connectivity index (χ1v) is 10.0. The van der Waals surface area contributed by atoms with Crippen molar-refractivity contribution in [1.29, 1.82) is 0 Å². The van der Waals surface area contributed by atoms with Crippen LogP contribution in [0.1, 0.15) is 15.2 Å². The van der Waals surface area contributed by atoms with Crippen LogP contribution >= 0.6 is 11.3 Å². The summed E-state index contributed by atoms with van der Waals surface area (Å²) in [6.45, 7) is 1.68. The van der Waals surface area contributed by atoms with Gasteiger partial charge in [0.1, 0.15) is 22.7 Å². The average Bonchev–Trinajstić information content (AvgIpc) is 3.29. The van der Waals surface area contributed by atoms with E-state index in [-0.39, 0.29) is 22.3 Å². The number of nitrogens with zero attached hydrogens (tertiary/aromatic N) is 1. The van der Waals surface area contributed by atoms with E-state index in [2.05, 4.69) is 9.97 Å². The van der Waals surface area contributed by atoms with E-state index in [9.17, 15) is 19.5 Å². The van der Waals surface area contributed by atoms with Crippen molar-refractivity contribution < 1.29 is 19.4 Å². The maximum Gasteiger partial charge on any atom is 0.342 e. The Bertz CT molecular complexity index is 1460. The van der Waals surface area contributed by atoms with Gasteiger partial charge in [-0.2, -0.15) is 0 Å². The smallest absolute Gasteiger partial charge is 0.342 e. The van der Waals surface area contributed by atoms with Gasteiger partial charge in [-0.25, -0.2) is 9.59 Å². The second-order valence-electron chi connectivity index (χ2n) is 6.85. The number of rotatable bonds is 4. The zero-order chi connectivity index (χ0) is 22.4. The van der Waals surface area contributed by atoms with Crippen LogP contribution in [0.4, 0.5) is 0 Å². The van der Waals surface area contributed by atoms with Crippen LogP contribution in [0, 0.1) is 6.92 Å². The highest BCUT2D eigenvalue weighted by atomic mass is 32.1. The Balaban J connectivity index is 2.16. The predicted molar refractivity (Wildman–Crippen MR) is 117 cm³/mol. The van der Waals surface area contributed by atoms with Gasteiger partial charge in [0.2, 0.25) is 0 Å². The summed E-state index contributed by atoms with van der Waals surface area (Å²) in [4.78, 5) is 43.5. The monoisotopic (exact) mass is 441 g/mol. The van der Waals surface area contributed by atoms with E-state index < -0.39 is 17.2 Å². The average molecular weight is 441 g/mol. The lowest BCUT2D eigenvalue weighted by Gasteiger charge is -2.06. The Labute approximate surface area is 179 Å². The van der Waals surface area contributed by atoms with Crippen molar-refractivity contribution in [3.63, 3.8) is 0 Å². The molecule has 0 bridgehead atoms. The Morgan fingerprint density at radius 2 is 1.94 bits per heavy atom. The number of aryl methyl sites for hydroxylation is 2. The molecule has 0 atom stereocenters. The van der Waals surface area contributed by atoms with Crippen LogP contribution in [0.5, 0.6) is 11.5 Å². The van der Waals surface area contributed by atoms with Gasteiger partial charge in [-0.05, 0) is 19.1 Å². The molecule has 0 unspecified atom stereocenters. The molecule has 160 valence electrons. The van der Waals surface area contributed by atoms with Crippen molar-refractivity contribution in [2.75, 3.05) is 14.2 Å². The molecule has 0 fully saturated rings. The van der Waals surface area contributed by atoms with E-state index in [1.807, 2.05) is 6.07 Å². The van der Waals surface area contributed by atoms with Crippen LogP contribution in [-0.2, 0) is 11.8 Å².